The summed E-state index contributed by atoms with van der Waals surface area (Å²) in [6, 6.07) is 5.97. The fourth-order valence-electron chi connectivity index (χ4n) is 3.99. The molecule has 2 atom stereocenters. The van der Waals surface area contributed by atoms with Crippen molar-refractivity contribution in [2.45, 2.75) is 53.0 Å². The molecule has 3 rings (SSSR count). The first-order valence-electron chi connectivity index (χ1n) is 8.85. The Morgan fingerprint density at radius 1 is 1.30 bits per heavy atom. The lowest BCUT2D eigenvalue weighted by atomic mass is 9.94. The van der Waals surface area contributed by atoms with Gasteiger partial charge >= 0.3 is 5.63 Å². The Labute approximate surface area is 138 Å². The van der Waals surface area contributed by atoms with Crippen LogP contribution in [0.2, 0.25) is 0 Å². The predicted octanol–water partition coefficient (Wildman–Crippen LogP) is 3.04. The number of fused-ring (bicyclic) bond motifs is 1. The van der Waals surface area contributed by atoms with Crippen molar-refractivity contribution in [3.63, 3.8) is 0 Å². The van der Waals surface area contributed by atoms with E-state index >= 15 is 0 Å². The standard InChI is InChI=1S/C20H27NO2/c1-13(2)17-10-18-16(12-21-7-5-6-14(3)11-21)9-20(22)23-19(18)8-15(17)4/h8-10,13-14H,5-7,11-12H2,1-4H3/p+1/t14-/m0/s1. The van der Waals surface area contributed by atoms with E-state index in [-0.39, 0.29) is 5.63 Å². The Bertz CT molecular complexity index is 760. The van der Waals surface area contributed by atoms with E-state index in [4.69, 9.17) is 4.42 Å². The van der Waals surface area contributed by atoms with Crippen LogP contribution in [0.15, 0.2) is 27.4 Å². The maximum atomic E-state index is 12.0. The summed E-state index contributed by atoms with van der Waals surface area (Å²) in [6.07, 6.45) is 2.62. The molecule has 1 aliphatic rings. The summed E-state index contributed by atoms with van der Waals surface area (Å²) in [5, 5.41) is 1.12. The predicted molar refractivity (Wildman–Crippen MR) is 94.1 cm³/mol. The molecule has 0 radical (unpaired) electrons. The third-order valence-electron chi connectivity index (χ3n) is 5.14. The average molecular weight is 314 g/mol. The number of quaternary nitrogens is 1. The van der Waals surface area contributed by atoms with Crippen LogP contribution in [0.25, 0.3) is 11.0 Å². The molecule has 0 spiro atoms. The number of likely N-dealkylation sites (tertiary alicyclic amines) is 1. The van der Waals surface area contributed by atoms with E-state index in [1.807, 2.05) is 6.07 Å². The van der Waals surface area contributed by atoms with Crippen LogP contribution in [0.3, 0.4) is 0 Å². The van der Waals surface area contributed by atoms with E-state index in [0.717, 1.165) is 29.0 Å². The minimum Gasteiger partial charge on any atom is -0.423 e. The van der Waals surface area contributed by atoms with Crippen molar-refractivity contribution in [3.8, 4) is 0 Å². The first kappa shape index (κ1) is 16.3. The lowest BCUT2D eigenvalue weighted by molar-refractivity contribution is -0.922. The van der Waals surface area contributed by atoms with Crippen LogP contribution in [-0.4, -0.2) is 13.1 Å². The molecule has 0 bridgehead atoms. The van der Waals surface area contributed by atoms with Crippen molar-refractivity contribution in [2.24, 2.45) is 5.92 Å². The smallest absolute Gasteiger partial charge is 0.336 e. The first-order chi connectivity index (χ1) is 10.9. The molecule has 1 unspecified atom stereocenters. The summed E-state index contributed by atoms with van der Waals surface area (Å²) in [7, 11) is 0. The molecule has 3 heteroatoms. The SMILES string of the molecule is Cc1cc2oc(=O)cc(C[NH+]3CCC[C@H](C)C3)c2cc1C(C)C. The van der Waals surface area contributed by atoms with Crippen LogP contribution in [0, 0.1) is 12.8 Å². The number of nitrogens with one attached hydrogen (secondary N) is 1. The maximum Gasteiger partial charge on any atom is 0.336 e. The number of aryl methyl sites for hydroxylation is 1. The Balaban J connectivity index is 2.04. The molecule has 1 aromatic carbocycles. The Morgan fingerprint density at radius 3 is 2.78 bits per heavy atom. The summed E-state index contributed by atoms with van der Waals surface area (Å²) in [5.74, 6) is 1.25. The van der Waals surface area contributed by atoms with Crippen molar-refractivity contribution >= 4 is 11.0 Å². The highest BCUT2D eigenvalue weighted by Crippen LogP contribution is 2.26. The Morgan fingerprint density at radius 2 is 2.09 bits per heavy atom. The largest absolute Gasteiger partial charge is 0.423 e. The van der Waals surface area contributed by atoms with Gasteiger partial charge in [-0.1, -0.05) is 20.8 Å². The molecule has 2 aromatic rings. The lowest BCUT2D eigenvalue weighted by Gasteiger charge is -2.28. The van der Waals surface area contributed by atoms with Crippen molar-refractivity contribution in [1.82, 2.24) is 0 Å². The van der Waals surface area contributed by atoms with Gasteiger partial charge in [0.15, 0.2) is 0 Å². The number of hydrogen-bond acceptors (Lipinski definition) is 2. The van der Waals surface area contributed by atoms with Gasteiger partial charge in [-0.25, -0.2) is 4.79 Å². The molecule has 1 N–H and O–H groups in total. The fourth-order valence-corrected chi connectivity index (χ4v) is 3.99. The molecule has 0 saturated carbocycles. The fraction of sp³-hybridized carbons (Fsp3) is 0.550. The number of benzene rings is 1. The molecule has 124 valence electrons. The topological polar surface area (TPSA) is 34.6 Å². The summed E-state index contributed by atoms with van der Waals surface area (Å²) in [6.45, 7) is 12.2. The molecule has 0 amide bonds. The molecular weight excluding hydrogens is 286 g/mol. The highest BCUT2D eigenvalue weighted by atomic mass is 16.4. The quantitative estimate of drug-likeness (QED) is 0.884. The summed E-state index contributed by atoms with van der Waals surface area (Å²) >= 11 is 0. The molecular formula is C20H28NO2+. The normalized spacial score (nSPS) is 22.0. The van der Waals surface area contributed by atoms with Crippen LogP contribution in [0.4, 0.5) is 0 Å². The van der Waals surface area contributed by atoms with Gasteiger partial charge in [-0.15, -0.1) is 0 Å². The van der Waals surface area contributed by atoms with Crippen molar-refractivity contribution < 1.29 is 9.32 Å². The van der Waals surface area contributed by atoms with Crippen LogP contribution in [-0.2, 0) is 6.54 Å². The summed E-state index contributed by atoms with van der Waals surface area (Å²) in [5.41, 5.74) is 4.19. The summed E-state index contributed by atoms with van der Waals surface area (Å²) in [4.78, 5) is 13.5. The third-order valence-corrected chi connectivity index (χ3v) is 5.14. The molecule has 1 fully saturated rings. The second-order valence-corrected chi connectivity index (χ2v) is 7.58. The highest BCUT2D eigenvalue weighted by molar-refractivity contribution is 5.82. The Kier molecular flexibility index (Phi) is 4.58. The minimum atomic E-state index is -0.228. The molecule has 1 aliphatic heterocycles. The second-order valence-electron chi connectivity index (χ2n) is 7.58. The van der Waals surface area contributed by atoms with Crippen molar-refractivity contribution in [2.75, 3.05) is 13.1 Å². The van der Waals surface area contributed by atoms with Crippen LogP contribution < -0.4 is 10.5 Å². The molecule has 1 aromatic heterocycles. The molecule has 3 nitrogen and oxygen atoms in total. The molecule has 1 saturated heterocycles. The van der Waals surface area contributed by atoms with E-state index < -0.39 is 0 Å². The van der Waals surface area contributed by atoms with Crippen LogP contribution in [0.1, 0.15) is 56.2 Å². The van der Waals surface area contributed by atoms with Gasteiger partial charge < -0.3 is 9.32 Å². The third kappa shape index (κ3) is 3.50. The van der Waals surface area contributed by atoms with Gasteiger partial charge in [-0.05, 0) is 48.9 Å². The molecule has 2 heterocycles. The number of hydrogen-bond donors (Lipinski definition) is 1. The van der Waals surface area contributed by atoms with E-state index in [1.54, 1.807) is 11.0 Å². The highest BCUT2D eigenvalue weighted by Gasteiger charge is 2.21. The van der Waals surface area contributed by atoms with E-state index in [2.05, 4.69) is 33.8 Å². The summed E-state index contributed by atoms with van der Waals surface area (Å²) < 4.78 is 5.46. The van der Waals surface area contributed by atoms with Gasteiger partial charge in [0.05, 0.1) is 13.1 Å². The van der Waals surface area contributed by atoms with E-state index in [0.29, 0.717) is 5.92 Å². The molecule has 23 heavy (non-hydrogen) atoms. The van der Waals surface area contributed by atoms with Gasteiger partial charge in [0, 0.05) is 22.9 Å². The van der Waals surface area contributed by atoms with Gasteiger partial charge in [0.1, 0.15) is 12.1 Å². The maximum absolute atomic E-state index is 12.0. The zero-order valence-electron chi connectivity index (χ0n) is 14.7. The number of piperidine rings is 1. The zero-order chi connectivity index (χ0) is 16.6. The van der Waals surface area contributed by atoms with Crippen molar-refractivity contribution in [1.29, 1.82) is 0 Å². The number of rotatable bonds is 3. The monoisotopic (exact) mass is 314 g/mol. The van der Waals surface area contributed by atoms with E-state index in [9.17, 15) is 4.79 Å². The van der Waals surface area contributed by atoms with Gasteiger partial charge in [0.25, 0.3) is 0 Å². The van der Waals surface area contributed by atoms with Crippen LogP contribution in [0.5, 0.6) is 0 Å². The van der Waals surface area contributed by atoms with Crippen LogP contribution >= 0.6 is 0 Å². The van der Waals surface area contributed by atoms with Gasteiger partial charge in [-0.3, -0.25) is 0 Å². The van der Waals surface area contributed by atoms with E-state index in [1.165, 1.54) is 37.1 Å². The van der Waals surface area contributed by atoms with Gasteiger partial charge in [-0.2, -0.15) is 0 Å². The zero-order valence-corrected chi connectivity index (χ0v) is 14.7. The first-order valence-corrected chi connectivity index (χ1v) is 8.85. The van der Waals surface area contributed by atoms with Crippen molar-refractivity contribution in [3.05, 3.63) is 45.3 Å². The second kappa shape index (κ2) is 6.48. The average Bonchev–Trinajstić information content (AvgIpc) is 2.46. The Hall–Kier alpha value is -1.61. The lowest BCUT2D eigenvalue weighted by Crippen LogP contribution is -3.12. The minimum absolute atomic E-state index is 0.228. The molecule has 0 aliphatic carbocycles. The van der Waals surface area contributed by atoms with Gasteiger partial charge in [0.2, 0.25) is 0 Å².